The maximum Gasteiger partial charge on any atom is 0.325 e. The van der Waals surface area contributed by atoms with E-state index in [0.717, 1.165) is 24.3 Å². The lowest BCUT2D eigenvalue weighted by Crippen LogP contribution is -2.32. The van der Waals surface area contributed by atoms with Crippen LogP contribution in [0.1, 0.15) is 58.3 Å². The Labute approximate surface area is 184 Å². The predicted octanol–water partition coefficient (Wildman–Crippen LogP) is 5.32. The zero-order valence-electron chi connectivity index (χ0n) is 19.2. The molecule has 1 heterocycles. The number of aromatic nitrogens is 1. The van der Waals surface area contributed by atoms with Crippen molar-refractivity contribution in [1.82, 2.24) is 5.16 Å². The highest BCUT2D eigenvalue weighted by Crippen LogP contribution is 2.32. The second-order valence-corrected chi connectivity index (χ2v) is 8.87. The molecule has 1 atom stereocenters. The van der Waals surface area contributed by atoms with E-state index in [1.54, 1.807) is 13.0 Å². The van der Waals surface area contributed by atoms with Crippen LogP contribution in [0, 0.1) is 18.8 Å². The van der Waals surface area contributed by atoms with E-state index in [2.05, 4.69) is 48.4 Å². The first-order chi connectivity index (χ1) is 14.5. The smallest absolute Gasteiger partial charge is 0.325 e. The topological polar surface area (TPSA) is 108 Å². The maximum absolute atomic E-state index is 12.7. The van der Waals surface area contributed by atoms with Gasteiger partial charge in [0.15, 0.2) is 5.82 Å². The number of nitrogens with zero attached hydrogens (tertiary/aromatic N) is 2. The second kappa shape index (κ2) is 10.8. The summed E-state index contributed by atoms with van der Waals surface area (Å²) in [6.07, 6.45) is 0.0188. The minimum Gasteiger partial charge on any atom is -0.481 e. The van der Waals surface area contributed by atoms with Crippen LogP contribution in [0.4, 0.5) is 22.0 Å². The SMILES string of the molecule is Cc1cc(NC(=O)Nc2cc(C(C)CC(=O)O)ccc2N(CC(C)C)CC(C)C)no1. The maximum atomic E-state index is 12.7. The second-order valence-electron chi connectivity index (χ2n) is 8.87. The Morgan fingerprint density at radius 1 is 1.06 bits per heavy atom. The lowest BCUT2D eigenvalue weighted by Gasteiger charge is -2.31. The molecule has 0 radical (unpaired) electrons. The Bertz CT molecular complexity index is 881. The Morgan fingerprint density at radius 2 is 1.71 bits per heavy atom. The Hall–Kier alpha value is -3.03. The molecule has 0 aliphatic carbocycles. The summed E-state index contributed by atoms with van der Waals surface area (Å²) < 4.78 is 5.00. The van der Waals surface area contributed by atoms with Gasteiger partial charge in [0.1, 0.15) is 5.76 Å². The van der Waals surface area contributed by atoms with E-state index < -0.39 is 12.0 Å². The highest BCUT2D eigenvalue weighted by atomic mass is 16.5. The summed E-state index contributed by atoms with van der Waals surface area (Å²) >= 11 is 0. The third-order valence-corrected chi connectivity index (χ3v) is 4.70. The molecular formula is C23H34N4O4. The fourth-order valence-electron chi connectivity index (χ4n) is 3.46. The Kier molecular flexibility index (Phi) is 8.47. The zero-order valence-corrected chi connectivity index (χ0v) is 19.2. The van der Waals surface area contributed by atoms with Gasteiger partial charge in [-0.3, -0.25) is 10.1 Å². The number of urea groups is 1. The highest BCUT2D eigenvalue weighted by Gasteiger charge is 2.19. The molecule has 0 saturated heterocycles. The molecule has 31 heavy (non-hydrogen) atoms. The fourth-order valence-corrected chi connectivity index (χ4v) is 3.46. The number of anilines is 3. The Morgan fingerprint density at radius 3 is 2.23 bits per heavy atom. The number of carbonyl (C=O) groups excluding carboxylic acids is 1. The number of amides is 2. The standard InChI is InChI=1S/C23H34N4O4/c1-14(2)12-27(13-15(3)4)20-8-7-18(16(5)9-22(28)29)11-19(20)24-23(30)25-21-10-17(6)31-26-21/h7-8,10-11,14-16H,9,12-13H2,1-6H3,(H,28,29)(H2,24,25,26,30). The van der Waals surface area contributed by atoms with Gasteiger partial charge in [-0.2, -0.15) is 0 Å². The molecule has 1 aromatic heterocycles. The fraction of sp³-hybridized carbons (Fsp3) is 0.522. The molecule has 1 aromatic carbocycles. The molecule has 8 heteroatoms. The molecule has 0 fully saturated rings. The van der Waals surface area contributed by atoms with Crippen molar-refractivity contribution in [2.45, 2.75) is 53.9 Å². The molecule has 2 aromatic rings. The van der Waals surface area contributed by atoms with Gasteiger partial charge in [0.05, 0.1) is 17.8 Å². The number of carboxylic acids is 1. The predicted molar refractivity (Wildman–Crippen MR) is 123 cm³/mol. The molecule has 0 bridgehead atoms. The minimum absolute atomic E-state index is 0.0188. The van der Waals surface area contributed by atoms with Gasteiger partial charge in [-0.25, -0.2) is 4.79 Å². The van der Waals surface area contributed by atoms with Gasteiger partial charge in [-0.1, -0.05) is 45.8 Å². The number of rotatable bonds is 10. The number of carbonyl (C=O) groups is 2. The first-order valence-electron chi connectivity index (χ1n) is 10.7. The van der Waals surface area contributed by atoms with Crippen molar-refractivity contribution in [3.05, 3.63) is 35.6 Å². The molecule has 170 valence electrons. The third-order valence-electron chi connectivity index (χ3n) is 4.70. The summed E-state index contributed by atoms with van der Waals surface area (Å²) in [6, 6.07) is 6.97. The van der Waals surface area contributed by atoms with Crippen LogP contribution in [0.5, 0.6) is 0 Å². The van der Waals surface area contributed by atoms with Gasteiger partial charge < -0.3 is 19.8 Å². The largest absolute Gasteiger partial charge is 0.481 e. The van der Waals surface area contributed by atoms with Crippen LogP contribution in [0.2, 0.25) is 0 Å². The number of carboxylic acid groups (broad SMARTS) is 1. The summed E-state index contributed by atoms with van der Waals surface area (Å²) in [4.78, 5) is 26.1. The molecule has 8 nitrogen and oxygen atoms in total. The van der Waals surface area contributed by atoms with E-state index in [1.165, 1.54) is 0 Å². The van der Waals surface area contributed by atoms with Gasteiger partial charge >= 0.3 is 12.0 Å². The van der Waals surface area contributed by atoms with Crippen molar-refractivity contribution in [3.63, 3.8) is 0 Å². The van der Waals surface area contributed by atoms with Crippen LogP contribution in [0.3, 0.4) is 0 Å². The van der Waals surface area contributed by atoms with E-state index in [1.807, 2.05) is 25.1 Å². The number of hydrogen-bond acceptors (Lipinski definition) is 5. The molecule has 2 rings (SSSR count). The lowest BCUT2D eigenvalue weighted by molar-refractivity contribution is -0.137. The van der Waals surface area contributed by atoms with E-state index in [0.29, 0.717) is 29.1 Å². The number of benzene rings is 1. The number of nitrogens with one attached hydrogen (secondary N) is 2. The average Bonchev–Trinajstić information content (AvgIpc) is 3.04. The molecule has 0 aliphatic heterocycles. The van der Waals surface area contributed by atoms with Crippen molar-refractivity contribution >= 4 is 29.2 Å². The van der Waals surface area contributed by atoms with Gasteiger partial charge in [0.2, 0.25) is 0 Å². The highest BCUT2D eigenvalue weighted by molar-refractivity contribution is 6.01. The number of hydrogen-bond donors (Lipinski definition) is 3. The minimum atomic E-state index is -0.855. The molecule has 0 aliphatic rings. The summed E-state index contributed by atoms with van der Waals surface area (Å²) in [7, 11) is 0. The van der Waals surface area contributed by atoms with Crippen molar-refractivity contribution in [2.75, 3.05) is 28.6 Å². The van der Waals surface area contributed by atoms with E-state index in [4.69, 9.17) is 9.63 Å². The van der Waals surface area contributed by atoms with Crippen LogP contribution >= 0.6 is 0 Å². The van der Waals surface area contributed by atoms with Crippen LogP contribution in [-0.2, 0) is 4.79 Å². The van der Waals surface area contributed by atoms with Crippen LogP contribution in [0.25, 0.3) is 0 Å². The summed E-state index contributed by atoms with van der Waals surface area (Å²) in [5, 5.41) is 18.5. The monoisotopic (exact) mass is 430 g/mol. The average molecular weight is 431 g/mol. The number of aliphatic carboxylic acids is 1. The van der Waals surface area contributed by atoms with Gasteiger partial charge in [-0.05, 0) is 42.4 Å². The van der Waals surface area contributed by atoms with Gasteiger partial charge in [0, 0.05) is 19.2 Å². The van der Waals surface area contributed by atoms with Crippen molar-refractivity contribution in [2.24, 2.45) is 11.8 Å². The van der Waals surface area contributed by atoms with Gasteiger partial charge in [-0.15, -0.1) is 0 Å². The molecule has 1 unspecified atom stereocenters. The molecule has 0 saturated carbocycles. The lowest BCUT2D eigenvalue weighted by atomic mass is 9.96. The van der Waals surface area contributed by atoms with Crippen LogP contribution < -0.4 is 15.5 Å². The summed E-state index contributed by atoms with van der Waals surface area (Å²) in [5.74, 6) is 0.755. The van der Waals surface area contributed by atoms with E-state index >= 15 is 0 Å². The van der Waals surface area contributed by atoms with Crippen molar-refractivity contribution < 1.29 is 19.2 Å². The zero-order chi connectivity index (χ0) is 23.1. The summed E-state index contributed by atoms with van der Waals surface area (Å²) in [5.41, 5.74) is 2.39. The van der Waals surface area contributed by atoms with Gasteiger partial charge in [0.25, 0.3) is 0 Å². The molecule has 0 spiro atoms. The van der Waals surface area contributed by atoms with Crippen molar-refractivity contribution in [1.29, 1.82) is 0 Å². The molecule has 3 N–H and O–H groups in total. The normalized spacial score (nSPS) is 12.1. The molecule has 2 amide bonds. The van der Waals surface area contributed by atoms with Crippen LogP contribution in [0.15, 0.2) is 28.8 Å². The molecular weight excluding hydrogens is 396 g/mol. The Balaban J connectivity index is 2.37. The third kappa shape index (κ3) is 7.62. The first-order valence-corrected chi connectivity index (χ1v) is 10.7. The van der Waals surface area contributed by atoms with Crippen molar-refractivity contribution in [3.8, 4) is 0 Å². The van der Waals surface area contributed by atoms with Crippen LogP contribution in [-0.4, -0.2) is 35.4 Å². The number of aryl methyl sites for hydroxylation is 1. The quantitative estimate of drug-likeness (QED) is 0.471. The first kappa shape index (κ1) is 24.2. The summed E-state index contributed by atoms with van der Waals surface area (Å²) in [6.45, 7) is 13.9. The van der Waals surface area contributed by atoms with E-state index in [-0.39, 0.29) is 12.3 Å². The van der Waals surface area contributed by atoms with E-state index in [9.17, 15) is 9.59 Å².